The summed E-state index contributed by atoms with van der Waals surface area (Å²) >= 11 is 0. The maximum atomic E-state index is 14.3. The molecule has 4 aromatic carbocycles. The molecule has 0 radical (unpaired) electrons. The monoisotopic (exact) mass is 894 g/mol. The topological polar surface area (TPSA) is 273 Å². The van der Waals surface area contributed by atoms with E-state index in [1.54, 1.807) is 60.7 Å². The first-order valence-corrected chi connectivity index (χ1v) is 21.3. The van der Waals surface area contributed by atoms with Gasteiger partial charge < -0.3 is 19.9 Å². The Bertz CT molecular complexity index is 2150. The van der Waals surface area contributed by atoms with Crippen LogP contribution in [0.25, 0.3) is 0 Å². The molecule has 10 unspecified atom stereocenters. The third-order valence-corrected chi connectivity index (χ3v) is 11.7. The molecule has 0 spiro atoms. The predicted molar refractivity (Wildman–Crippen MR) is 238 cm³/mol. The minimum atomic E-state index is -1.33. The van der Waals surface area contributed by atoms with Crippen LogP contribution in [0, 0.1) is 52.3 Å². The summed E-state index contributed by atoms with van der Waals surface area (Å²) in [4.78, 5) is 75.0. The Morgan fingerprint density at radius 1 is 0.554 bits per heavy atom. The van der Waals surface area contributed by atoms with Crippen molar-refractivity contribution in [3.63, 3.8) is 0 Å². The Morgan fingerprint density at radius 2 is 0.892 bits per heavy atom. The number of carbonyl (C=O) groups is 2. The summed E-state index contributed by atoms with van der Waals surface area (Å²) in [6.07, 6.45) is -1.37. The van der Waals surface area contributed by atoms with E-state index in [1.165, 1.54) is 48.5 Å². The highest BCUT2D eigenvalue weighted by molar-refractivity contribution is 6.18. The average Bonchev–Trinajstić information content (AvgIpc) is 3.88. The number of nitrogens with one attached hydrogen (secondary N) is 4. The van der Waals surface area contributed by atoms with Crippen LogP contribution in [0.2, 0.25) is 0 Å². The van der Waals surface area contributed by atoms with Crippen LogP contribution in [-0.2, 0) is 18.9 Å². The van der Waals surface area contributed by atoms with E-state index < -0.39 is 99.7 Å². The number of hydrogen-bond acceptors (Lipinski definition) is 14. The minimum absolute atomic E-state index is 0.0195. The Balaban J connectivity index is 1.21. The van der Waals surface area contributed by atoms with Crippen molar-refractivity contribution in [2.75, 3.05) is 0 Å². The van der Waals surface area contributed by atoms with Gasteiger partial charge in [0.2, 0.25) is 23.9 Å². The van der Waals surface area contributed by atoms with Gasteiger partial charge in [-0.3, -0.25) is 60.7 Å². The van der Waals surface area contributed by atoms with Gasteiger partial charge in [0.05, 0.1) is 21.7 Å². The number of benzene rings is 4. The van der Waals surface area contributed by atoms with E-state index in [1.807, 2.05) is 27.7 Å². The number of amides is 2. The Hall–Kier alpha value is -6.68. The first kappa shape index (κ1) is 47.8. The van der Waals surface area contributed by atoms with Gasteiger partial charge in [-0.2, -0.15) is 0 Å². The molecule has 0 saturated carbocycles. The van der Waals surface area contributed by atoms with E-state index in [-0.39, 0.29) is 36.1 Å². The van der Waals surface area contributed by atoms with Crippen molar-refractivity contribution in [3.05, 3.63) is 172 Å². The fraction of sp³-hybridized carbons (Fsp3) is 0.409. The summed E-state index contributed by atoms with van der Waals surface area (Å²) in [5, 5.41) is 60.5. The van der Waals surface area contributed by atoms with Crippen molar-refractivity contribution in [1.29, 1.82) is 0 Å². The molecule has 2 saturated heterocycles. The van der Waals surface area contributed by atoms with Gasteiger partial charge in [-0.15, -0.1) is 0 Å². The second-order valence-corrected chi connectivity index (χ2v) is 17.1. The molecule has 2 fully saturated rings. The van der Waals surface area contributed by atoms with Crippen LogP contribution < -0.4 is 21.3 Å². The van der Waals surface area contributed by atoms with Gasteiger partial charge in [-0.25, -0.2) is 0 Å². The molecular weight excluding hydrogens is 843 g/mol. The molecule has 0 aromatic heterocycles. The van der Waals surface area contributed by atoms with Crippen LogP contribution in [-0.4, -0.2) is 75.8 Å². The molecule has 6 rings (SSSR count). The van der Waals surface area contributed by atoms with Crippen LogP contribution >= 0.6 is 0 Å². The van der Waals surface area contributed by atoms with Crippen molar-refractivity contribution in [3.8, 4) is 0 Å². The molecular formula is C44H51BN8O12. The summed E-state index contributed by atoms with van der Waals surface area (Å²) in [6.45, 7) is 7.63. The third kappa shape index (κ3) is 11.5. The number of nitro groups is 4. The van der Waals surface area contributed by atoms with Crippen LogP contribution in [0.5, 0.6) is 0 Å². The first-order chi connectivity index (χ1) is 31.0. The average molecular weight is 895 g/mol. The van der Waals surface area contributed by atoms with Gasteiger partial charge in [0.15, 0.2) is 0 Å². The quantitative estimate of drug-likeness (QED) is 0.0376. The highest BCUT2D eigenvalue weighted by atomic mass is 16.6. The largest absolute Gasteiger partial charge is 0.441 e. The number of non-ortho nitro benzene ring substituents is 2. The molecule has 342 valence electrons. The lowest BCUT2D eigenvalue weighted by Crippen LogP contribution is -2.51. The highest BCUT2D eigenvalue weighted by Crippen LogP contribution is 2.42. The fourth-order valence-electron chi connectivity index (χ4n) is 8.80. The molecule has 0 bridgehead atoms. The number of hydrogen-bond donors (Lipinski definition) is 4. The van der Waals surface area contributed by atoms with Crippen LogP contribution in [0.1, 0.15) is 86.7 Å². The van der Waals surface area contributed by atoms with Crippen molar-refractivity contribution in [1.82, 2.24) is 21.3 Å². The van der Waals surface area contributed by atoms with E-state index >= 15 is 0 Å². The molecule has 10 atom stereocenters. The van der Waals surface area contributed by atoms with E-state index in [0.29, 0.717) is 22.3 Å². The van der Waals surface area contributed by atoms with Gasteiger partial charge in [-0.05, 0) is 46.9 Å². The summed E-state index contributed by atoms with van der Waals surface area (Å²) in [5.41, 5.74) is 1.44. The van der Waals surface area contributed by atoms with E-state index in [0.717, 1.165) is 0 Å². The highest BCUT2D eigenvalue weighted by Gasteiger charge is 2.56. The Kier molecular flexibility index (Phi) is 15.7. The zero-order chi connectivity index (χ0) is 46.9. The van der Waals surface area contributed by atoms with Crippen LogP contribution in [0.3, 0.4) is 0 Å². The van der Waals surface area contributed by atoms with Gasteiger partial charge in [-0.1, -0.05) is 113 Å². The molecule has 0 aliphatic carbocycles. The first-order valence-electron chi connectivity index (χ1n) is 21.3. The molecule has 4 aromatic rings. The molecule has 65 heavy (non-hydrogen) atoms. The Labute approximate surface area is 374 Å². The molecule has 2 aliphatic rings. The molecule has 20 nitrogen and oxygen atoms in total. The minimum Gasteiger partial charge on any atom is -0.393 e. The third-order valence-electron chi connectivity index (χ3n) is 11.7. The van der Waals surface area contributed by atoms with Gasteiger partial charge in [0.1, 0.15) is 36.6 Å². The van der Waals surface area contributed by atoms with E-state index in [9.17, 15) is 50.0 Å². The molecule has 21 heteroatoms. The molecule has 2 aliphatic heterocycles. The normalized spacial score (nSPS) is 23.7. The van der Waals surface area contributed by atoms with E-state index in [2.05, 4.69) is 21.3 Å². The summed E-state index contributed by atoms with van der Waals surface area (Å²) < 4.78 is 12.2. The number of carbonyl (C=O) groups excluding carboxylic acids is 2. The Morgan fingerprint density at radius 3 is 1.18 bits per heavy atom. The molecule has 2 heterocycles. The van der Waals surface area contributed by atoms with E-state index in [4.69, 9.17) is 9.31 Å². The maximum Gasteiger partial charge on any atom is 0.441 e. The predicted octanol–water partition coefficient (Wildman–Crippen LogP) is 5.36. The van der Waals surface area contributed by atoms with Crippen molar-refractivity contribution < 1.29 is 38.6 Å². The lowest BCUT2D eigenvalue weighted by Gasteiger charge is -2.28. The lowest BCUT2D eigenvalue weighted by atomic mass is 9.85. The number of nitrogens with zero attached hydrogens (tertiary/aromatic N) is 4. The standard InChI is InChI=1S/C44H51BN8O12/c1-25(2)23-33(46-43(54)39-35(27-15-19-31(20-16-27)50(56)57)41(52(60)61)37(48-39)29-11-7-5-8-12-29)64-45-65-34(24-26(3)4)47-44(55)40-36(28-17-21-32(22-18-28)51(58)59)42(53(62)63)38(49-40)30-13-9-6-10-14-30/h5-22,25-26,33-42,45,48-49H,23-24H2,1-4H3,(H,46,54)(H,47,55). The smallest absolute Gasteiger partial charge is 0.393 e. The van der Waals surface area contributed by atoms with Crippen molar-refractivity contribution in [2.45, 2.75) is 101 Å². The SMILES string of the molecule is CC(C)CC(NC(=O)C1NC(c2ccccc2)C([N+](=O)[O-])C1c1ccc([N+](=O)[O-])cc1)OBOC(CC(C)C)NC(=O)C1NC(c2ccccc2)C([N+](=O)[O-])C1c1ccc([N+](=O)[O-])cc1. The summed E-state index contributed by atoms with van der Waals surface area (Å²) in [6, 6.07) is 21.2. The van der Waals surface area contributed by atoms with Crippen LogP contribution in [0.4, 0.5) is 11.4 Å². The van der Waals surface area contributed by atoms with Crippen molar-refractivity contribution >= 4 is 30.9 Å². The van der Waals surface area contributed by atoms with Gasteiger partial charge in [0, 0.05) is 34.1 Å². The zero-order valence-corrected chi connectivity index (χ0v) is 36.1. The number of nitro benzene ring substituents is 2. The lowest BCUT2D eigenvalue weighted by molar-refractivity contribution is -0.527. The maximum absolute atomic E-state index is 14.3. The zero-order valence-electron chi connectivity index (χ0n) is 36.1. The fourth-order valence-corrected chi connectivity index (χ4v) is 8.80. The molecule has 4 N–H and O–H groups in total. The van der Waals surface area contributed by atoms with Crippen molar-refractivity contribution in [2.24, 2.45) is 11.8 Å². The molecule has 2 amide bonds. The van der Waals surface area contributed by atoms with Gasteiger partial charge in [0.25, 0.3) is 11.4 Å². The van der Waals surface area contributed by atoms with Crippen LogP contribution in [0.15, 0.2) is 109 Å². The number of rotatable bonds is 20. The second-order valence-electron chi connectivity index (χ2n) is 17.1. The second kappa shape index (κ2) is 21.3. The summed E-state index contributed by atoms with van der Waals surface area (Å²) in [7, 11) is -0.433. The summed E-state index contributed by atoms with van der Waals surface area (Å²) in [5.74, 6) is -3.37. The van der Waals surface area contributed by atoms with Gasteiger partial charge >= 0.3 is 7.69 Å².